The Balaban J connectivity index is 1.93. The summed E-state index contributed by atoms with van der Waals surface area (Å²) in [4.78, 5) is 23.5. The third-order valence-electron chi connectivity index (χ3n) is 3.82. The molecule has 0 fully saturated rings. The molecule has 0 aromatic heterocycles. The van der Waals surface area contributed by atoms with Crippen LogP contribution < -0.4 is 10.6 Å². The molecule has 0 heterocycles. The van der Waals surface area contributed by atoms with Crippen LogP contribution in [-0.2, 0) is 4.79 Å². The van der Waals surface area contributed by atoms with Gasteiger partial charge in [-0.2, -0.15) is 0 Å². The van der Waals surface area contributed by atoms with Gasteiger partial charge in [-0.25, -0.2) is 0 Å². The summed E-state index contributed by atoms with van der Waals surface area (Å²) in [6.07, 6.45) is 0. The van der Waals surface area contributed by atoms with Crippen molar-refractivity contribution < 1.29 is 9.59 Å². The number of hydrogen-bond donors (Lipinski definition) is 2. The predicted octanol–water partition coefficient (Wildman–Crippen LogP) is 4.22. The zero-order valence-corrected chi connectivity index (χ0v) is 14.7. The summed E-state index contributed by atoms with van der Waals surface area (Å²) in [6.45, 7) is 5.32. The van der Waals surface area contributed by atoms with Gasteiger partial charge in [0.1, 0.15) is 0 Å². The molecule has 2 aromatic carbocycles. The lowest BCUT2D eigenvalue weighted by Gasteiger charge is -2.20. The van der Waals surface area contributed by atoms with Gasteiger partial charge in [0.2, 0.25) is 5.91 Å². The van der Waals surface area contributed by atoms with Gasteiger partial charge in [-0.3, -0.25) is 14.9 Å². The van der Waals surface area contributed by atoms with E-state index in [9.17, 15) is 9.59 Å². The molecular formula is C19H21ClN2O2. The molecule has 1 amide bonds. The second kappa shape index (κ2) is 8.08. The third-order valence-corrected chi connectivity index (χ3v) is 4.07. The molecule has 2 rings (SSSR count). The molecular weight excluding hydrogens is 324 g/mol. The SMILES string of the molecule is CC(=O)c1ccc(NC(=O)[C@@H](C)N[C@H](C)c2ccc(Cl)cc2)cc1. The first kappa shape index (κ1) is 18.2. The average molecular weight is 345 g/mol. The fourth-order valence-corrected chi connectivity index (χ4v) is 2.46. The molecule has 0 aliphatic rings. The largest absolute Gasteiger partial charge is 0.325 e. The standard InChI is InChI=1S/C19H21ClN2O2/c1-12(15-4-8-17(20)9-5-15)21-13(2)19(24)22-18-10-6-16(7-11-18)14(3)23/h4-13,21H,1-3H3,(H,22,24)/t12-,13-/m1/s1. The van der Waals surface area contributed by atoms with Crippen molar-refractivity contribution in [2.45, 2.75) is 32.9 Å². The van der Waals surface area contributed by atoms with E-state index >= 15 is 0 Å². The average Bonchev–Trinajstić information content (AvgIpc) is 2.55. The van der Waals surface area contributed by atoms with Gasteiger partial charge in [0, 0.05) is 22.3 Å². The van der Waals surface area contributed by atoms with Crippen molar-refractivity contribution in [3.63, 3.8) is 0 Å². The fraction of sp³-hybridized carbons (Fsp3) is 0.263. The third kappa shape index (κ3) is 4.91. The number of halogens is 1. The van der Waals surface area contributed by atoms with E-state index < -0.39 is 0 Å². The van der Waals surface area contributed by atoms with Crippen LogP contribution in [0, 0.1) is 0 Å². The minimum atomic E-state index is -0.372. The van der Waals surface area contributed by atoms with Crippen molar-refractivity contribution in [1.29, 1.82) is 0 Å². The second-order valence-electron chi connectivity index (χ2n) is 5.78. The van der Waals surface area contributed by atoms with E-state index in [1.54, 1.807) is 24.3 Å². The summed E-state index contributed by atoms with van der Waals surface area (Å²) in [7, 11) is 0. The fourth-order valence-electron chi connectivity index (χ4n) is 2.34. The van der Waals surface area contributed by atoms with E-state index in [-0.39, 0.29) is 23.8 Å². The number of carbonyl (C=O) groups excluding carboxylic acids is 2. The molecule has 2 atom stereocenters. The molecule has 0 aliphatic heterocycles. The predicted molar refractivity (Wildman–Crippen MR) is 97.5 cm³/mol. The smallest absolute Gasteiger partial charge is 0.241 e. The van der Waals surface area contributed by atoms with Crippen LogP contribution in [0.3, 0.4) is 0 Å². The summed E-state index contributed by atoms with van der Waals surface area (Å²) in [5.41, 5.74) is 2.35. The van der Waals surface area contributed by atoms with Crippen LogP contribution in [0.2, 0.25) is 5.02 Å². The number of hydrogen-bond acceptors (Lipinski definition) is 3. The quantitative estimate of drug-likeness (QED) is 0.771. The van der Waals surface area contributed by atoms with Crippen molar-refractivity contribution in [2.75, 3.05) is 5.32 Å². The van der Waals surface area contributed by atoms with Crippen LogP contribution in [0.15, 0.2) is 48.5 Å². The first-order valence-corrected chi connectivity index (χ1v) is 8.18. The normalized spacial score (nSPS) is 13.2. The van der Waals surface area contributed by atoms with Gasteiger partial charge in [-0.05, 0) is 62.7 Å². The molecule has 2 aromatic rings. The summed E-state index contributed by atoms with van der Waals surface area (Å²) in [5.74, 6) is -0.133. The molecule has 5 heteroatoms. The number of amides is 1. The van der Waals surface area contributed by atoms with Crippen LogP contribution in [-0.4, -0.2) is 17.7 Å². The summed E-state index contributed by atoms with van der Waals surface area (Å²) < 4.78 is 0. The Bertz CT molecular complexity index is 711. The van der Waals surface area contributed by atoms with Gasteiger partial charge in [0.05, 0.1) is 6.04 Å². The minimum absolute atomic E-state index is 0.000277. The highest BCUT2D eigenvalue weighted by atomic mass is 35.5. The van der Waals surface area contributed by atoms with Gasteiger partial charge >= 0.3 is 0 Å². The Morgan fingerprint density at radius 2 is 1.54 bits per heavy atom. The molecule has 24 heavy (non-hydrogen) atoms. The van der Waals surface area contributed by atoms with Gasteiger partial charge < -0.3 is 5.32 Å². The van der Waals surface area contributed by atoms with Crippen LogP contribution in [0.4, 0.5) is 5.69 Å². The number of nitrogens with one attached hydrogen (secondary N) is 2. The van der Waals surface area contributed by atoms with Crippen molar-refractivity contribution in [2.24, 2.45) is 0 Å². The molecule has 4 nitrogen and oxygen atoms in total. The first-order chi connectivity index (χ1) is 11.4. The molecule has 0 spiro atoms. The van der Waals surface area contributed by atoms with E-state index in [1.165, 1.54) is 6.92 Å². The Kier molecular flexibility index (Phi) is 6.12. The second-order valence-corrected chi connectivity index (χ2v) is 6.22. The highest BCUT2D eigenvalue weighted by molar-refractivity contribution is 6.30. The maximum Gasteiger partial charge on any atom is 0.241 e. The lowest BCUT2D eigenvalue weighted by Crippen LogP contribution is -2.39. The number of anilines is 1. The Morgan fingerprint density at radius 3 is 2.08 bits per heavy atom. The molecule has 0 saturated heterocycles. The lowest BCUT2D eigenvalue weighted by molar-refractivity contribution is -0.117. The zero-order chi connectivity index (χ0) is 17.7. The van der Waals surface area contributed by atoms with E-state index in [4.69, 9.17) is 11.6 Å². The number of ketones is 1. The van der Waals surface area contributed by atoms with Crippen LogP contribution in [0.5, 0.6) is 0 Å². The van der Waals surface area contributed by atoms with Crippen molar-refractivity contribution in [1.82, 2.24) is 5.32 Å². The topological polar surface area (TPSA) is 58.2 Å². The first-order valence-electron chi connectivity index (χ1n) is 7.80. The molecule has 2 N–H and O–H groups in total. The molecule has 0 radical (unpaired) electrons. The maximum atomic E-state index is 12.3. The number of carbonyl (C=O) groups is 2. The van der Waals surface area contributed by atoms with Gasteiger partial charge in [0.15, 0.2) is 5.78 Å². The Labute approximate surface area is 147 Å². The molecule has 0 saturated carbocycles. The van der Waals surface area contributed by atoms with E-state index in [0.29, 0.717) is 16.3 Å². The number of rotatable bonds is 6. The Hall–Kier alpha value is -2.17. The zero-order valence-electron chi connectivity index (χ0n) is 14.0. The Morgan fingerprint density at radius 1 is 0.958 bits per heavy atom. The van der Waals surface area contributed by atoms with Crippen LogP contribution in [0.25, 0.3) is 0 Å². The highest BCUT2D eigenvalue weighted by Crippen LogP contribution is 2.17. The van der Waals surface area contributed by atoms with Gasteiger partial charge in [0.25, 0.3) is 0 Å². The lowest BCUT2D eigenvalue weighted by atomic mass is 10.1. The number of benzene rings is 2. The van der Waals surface area contributed by atoms with E-state index in [2.05, 4.69) is 10.6 Å². The van der Waals surface area contributed by atoms with Crippen LogP contribution >= 0.6 is 11.6 Å². The summed E-state index contributed by atoms with van der Waals surface area (Å²) in [5, 5.41) is 6.78. The monoisotopic (exact) mass is 344 g/mol. The number of Topliss-reactive ketones (excluding diaryl/α,β-unsaturated/α-hetero) is 1. The molecule has 0 unspecified atom stereocenters. The van der Waals surface area contributed by atoms with E-state index in [1.807, 2.05) is 38.1 Å². The van der Waals surface area contributed by atoms with Crippen molar-refractivity contribution in [3.8, 4) is 0 Å². The van der Waals surface area contributed by atoms with Crippen LogP contribution in [0.1, 0.15) is 42.7 Å². The van der Waals surface area contributed by atoms with Crippen molar-refractivity contribution >= 4 is 29.0 Å². The minimum Gasteiger partial charge on any atom is -0.325 e. The van der Waals surface area contributed by atoms with Gasteiger partial charge in [-0.1, -0.05) is 23.7 Å². The van der Waals surface area contributed by atoms with Gasteiger partial charge in [-0.15, -0.1) is 0 Å². The highest BCUT2D eigenvalue weighted by Gasteiger charge is 2.16. The molecule has 126 valence electrons. The maximum absolute atomic E-state index is 12.3. The summed E-state index contributed by atoms with van der Waals surface area (Å²) in [6, 6.07) is 14.0. The molecule has 0 bridgehead atoms. The summed E-state index contributed by atoms with van der Waals surface area (Å²) >= 11 is 5.89. The van der Waals surface area contributed by atoms with Crippen molar-refractivity contribution in [3.05, 3.63) is 64.7 Å². The molecule has 0 aliphatic carbocycles. The van der Waals surface area contributed by atoms with E-state index in [0.717, 1.165) is 5.56 Å².